The lowest BCUT2D eigenvalue weighted by molar-refractivity contribution is 0.364. The van der Waals surface area contributed by atoms with Crippen molar-refractivity contribution in [1.29, 1.82) is 0 Å². The van der Waals surface area contributed by atoms with Crippen molar-refractivity contribution in [2.24, 2.45) is 5.92 Å². The summed E-state index contributed by atoms with van der Waals surface area (Å²) in [4.78, 5) is 10.4. The SMILES string of the molecule is CN(C)c1cc(NCCC2CCCNC2)ncn1. The molecule has 2 N–H and O–H groups in total. The Morgan fingerprint density at radius 1 is 1.44 bits per heavy atom. The van der Waals surface area contributed by atoms with Crippen LogP contribution >= 0.6 is 0 Å². The fraction of sp³-hybridized carbons (Fsp3) is 0.692. The van der Waals surface area contributed by atoms with Crippen molar-refractivity contribution in [3.8, 4) is 0 Å². The van der Waals surface area contributed by atoms with Crippen molar-refractivity contribution in [3.05, 3.63) is 12.4 Å². The lowest BCUT2D eigenvalue weighted by Crippen LogP contribution is -2.30. The molecule has 2 heterocycles. The maximum atomic E-state index is 4.24. The normalized spacial score (nSPS) is 19.6. The summed E-state index contributed by atoms with van der Waals surface area (Å²) in [6.07, 6.45) is 5.47. The summed E-state index contributed by atoms with van der Waals surface area (Å²) in [5.41, 5.74) is 0. The number of aromatic nitrogens is 2. The number of nitrogens with zero attached hydrogens (tertiary/aromatic N) is 3. The Balaban J connectivity index is 1.77. The molecule has 0 saturated carbocycles. The predicted octanol–water partition coefficient (Wildman–Crippen LogP) is 1.34. The number of rotatable bonds is 5. The molecule has 0 aromatic carbocycles. The van der Waals surface area contributed by atoms with Gasteiger partial charge in [0.2, 0.25) is 0 Å². The van der Waals surface area contributed by atoms with E-state index in [1.54, 1.807) is 6.33 Å². The molecule has 0 radical (unpaired) electrons. The van der Waals surface area contributed by atoms with Gasteiger partial charge in [-0.3, -0.25) is 0 Å². The molecule has 1 aromatic heterocycles. The monoisotopic (exact) mass is 249 g/mol. The molecule has 1 aliphatic rings. The average Bonchev–Trinajstić information content (AvgIpc) is 2.40. The van der Waals surface area contributed by atoms with Crippen LogP contribution in [0.5, 0.6) is 0 Å². The summed E-state index contributed by atoms with van der Waals surface area (Å²) >= 11 is 0. The van der Waals surface area contributed by atoms with Gasteiger partial charge in [0.1, 0.15) is 18.0 Å². The lowest BCUT2D eigenvalue weighted by Gasteiger charge is -2.22. The summed E-state index contributed by atoms with van der Waals surface area (Å²) in [6.45, 7) is 3.33. The number of nitrogens with one attached hydrogen (secondary N) is 2. The van der Waals surface area contributed by atoms with Crippen LogP contribution in [0.4, 0.5) is 11.6 Å². The Kier molecular flexibility index (Phi) is 4.75. The molecule has 1 aliphatic heterocycles. The van der Waals surface area contributed by atoms with E-state index in [9.17, 15) is 0 Å². The van der Waals surface area contributed by atoms with E-state index in [0.717, 1.165) is 30.6 Å². The summed E-state index contributed by atoms with van der Waals surface area (Å²) in [5.74, 6) is 2.66. The van der Waals surface area contributed by atoms with Crippen LogP contribution < -0.4 is 15.5 Å². The number of hydrogen-bond donors (Lipinski definition) is 2. The molecule has 100 valence electrons. The molecule has 1 atom stereocenters. The van der Waals surface area contributed by atoms with E-state index in [1.165, 1.54) is 25.8 Å². The maximum Gasteiger partial charge on any atom is 0.133 e. The van der Waals surface area contributed by atoms with Crippen molar-refractivity contribution < 1.29 is 0 Å². The molecular weight excluding hydrogens is 226 g/mol. The largest absolute Gasteiger partial charge is 0.370 e. The fourth-order valence-corrected chi connectivity index (χ4v) is 2.26. The smallest absolute Gasteiger partial charge is 0.133 e. The molecule has 1 aromatic rings. The Bertz CT molecular complexity index is 360. The van der Waals surface area contributed by atoms with Gasteiger partial charge >= 0.3 is 0 Å². The molecule has 1 unspecified atom stereocenters. The van der Waals surface area contributed by atoms with Gasteiger partial charge in [0, 0.05) is 26.7 Å². The predicted molar refractivity (Wildman–Crippen MR) is 75.1 cm³/mol. The standard InChI is InChI=1S/C13H23N5/c1-18(2)13-8-12(16-10-17-13)15-7-5-11-4-3-6-14-9-11/h8,10-11,14H,3-7,9H2,1-2H3,(H,15,16,17). The van der Waals surface area contributed by atoms with Crippen molar-refractivity contribution in [1.82, 2.24) is 15.3 Å². The molecule has 0 amide bonds. The van der Waals surface area contributed by atoms with Gasteiger partial charge in [0.15, 0.2) is 0 Å². The van der Waals surface area contributed by atoms with Crippen molar-refractivity contribution >= 4 is 11.6 Å². The van der Waals surface area contributed by atoms with E-state index in [4.69, 9.17) is 0 Å². The first-order chi connectivity index (χ1) is 8.75. The highest BCUT2D eigenvalue weighted by atomic mass is 15.2. The zero-order valence-corrected chi connectivity index (χ0v) is 11.3. The molecule has 2 rings (SSSR count). The van der Waals surface area contributed by atoms with Crippen LogP contribution in [-0.4, -0.2) is 43.7 Å². The highest BCUT2D eigenvalue weighted by molar-refractivity contribution is 5.47. The Labute approximate surface area is 109 Å². The number of anilines is 2. The lowest BCUT2D eigenvalue weighted by atomic mass is 9.96. The molecule has 5 heteroatoms. The first kappa shape index (κ1) is 13.1. The Hall–Kier alpha value is -1.36. The second kappa shape index (κ2) is 6.54. The third kappa shape index (κ3) is 3.84. The van der Waals surface area contributed by atoms with Gasteiger partial charge in [0.25, 0.3) is 0 Å². The fourth-order valence-electron chi connectivity index (χ4n) is 2.26. The molecule has 5 nitrogen and oxygen atoms in total. The molecule has 0 spiro atoms. The molecule has 0 bridgehead atoms. The third-order valence-corrected chi connectivity index (χ3v) is 3.37. The summed E-state index contributed by atoms with van der Waals surface area (Å²) < 4.78 is 0. The van der Waals surface area contributed by atoms with Crippen LogP contribution in [0.15, 0.2) is 12.4 Å². The minimum Gasteiger partial charge on any atom is -0.370 e. The highest BCUT2D eigenvalue weighted by Gasteiger charge is 2.12. The molecule has 1 fully saturated rings. The summed E-state index contributed by atoms with van der Waals surface area (Å²) in [6, 6.07) is 1.99. The van der Waals surface area contributed by atoms with Gasteiger partial charge in [-0.25, -0.2) is 9.97 Å². The van der Waals surface area contributed by atoms with Crippen LogP contribution in [0.2, 0.25) is 0 Å². The van der Waals surface area contributed by atoms with E-state index in [0.29, 0.717) is 0 Å². The zero-order chi connectivity index (χ0) is 12.8. The second-order valence-corrected chi connectivity index (χ2v) is 5.08. The average molecular weight is 249 g/mol. The minimum absolute atomic E-state index is 0.807. The van der Waals surface area contributed by atoms with Crippen molar-refractivity contribution in [2.45, 2.75) is 19.3 Å². The van der Waals surface area contributed by atoms with Crippen LogP contribution in [0.25, 0.3) is 0 Å². The summed E-state index contributed by atoms with van der Waals surface area (Å²) in [5, 5.41) is 6.83. The molecule has 18 heavy (non-hydrogen) atoms. The van der Waals surface area contributed by atoms with Gasteiger partial charge in [0.05, 0.1) is 0 Å². The van der Waals surface area contributed by atoms with Crippen LogP contribution in [-0.2, 0) is 0 Å². The van der Waals surface area contributed by atoms with Crippen LogP contribution in [0.1, 0.15) is 19.3 Å². The zero-order valence-electron chi connectivity index (χ0n) is 11.3. The van der Waals surface area contributed by atoms with E-state index in [2.05, 4.69) is 20.6 Å². The topological polar surface area (TPSA) is 53.1 Å². The van der Waals surface area contributed by atoms with E-state index < -0.39 is 0 Å². The van der Waals surface area contributed by atoms with Gasteiger partial charge in [-0.05, 0) is 38.3 Å². The van der Waals surface area contributed by atoms with E-state index >= 15 is 0 Å². The van der Waals surface area contributed by atoms with Crippen molar-refractivity contribution in [3.63, 3.8) is 0 Å². The van der Waals surface area contributed by atoms with E-state index in [-0.39, 0.29) is 0 Å². The Morgan fingerprint density at radius 3 is 3.06 bits per heavy atom. The molecule has 1 saturated heterocycles. The van der Waals surface area contributed by atoms with Gasteiger partial charge in [-0.15, -0.1) is 0 Å². The highest BCUT2D eigenvalue weighted by Crippen LogP contribution is 2.15. The number of hydrogen-bond acceptors (Lipinski definition) is 5. The maximum absolute atomic E-state index is 4.24. The Morgan fingerprint density at radius 2 is 2.33 bits per heavy atom. The second-order valence-electron chi connectivity index (χ2n) is 5.08. The van der Waals surface area contributed by atoms with Crippen LogP contribution in [0.3, 0.4) is 0 Å². The first-order valence-corrected chi connectivity index (χ1v) is 6.69. The molecular formula is C13H23N5. The van der Waals surface area contributed by atoms with Gasteiger partial charge in [-0.2, -0.15) is 0 Å². The van der Waals surface area contributed by atoms with Crippen LogP contribution in [0, 0.1) is 5.92 Å². The minimum atomic E-state index is 0.807. The molecule has 0 aliphatic carbocycles. The quantitative estimate of drug-likeness (QED) is 0.825. The first-order valence-electron chi connectivity index (χ1n) is 6.69. The van der Waals surface area contributed by atoms with Gasteiger partial charge < -0.3 is 15.5 Å². The van der Waals surface area contributed by atoms with E-state index in [1.807, 2.05) is 25.1 Å². The summed E-state index contributed by atoms with van der Waals surface area (Å²) in [7, 11) is 3.97. The number of piperidine rings is 1. The van der Waals surface area contributed by atoms with Crippen molar-refractivity contribution in [2.75, 3.05) is 43.9 Å². The van der Waals surface area contributed by atoms with Gasteiger partial charge in [-0.1, -0.05) is 0 Å². The third-order valence-electron chi connectivity index (χ3n) is 3.37.